The summed E-state index contributed by atoms with van der Waals surface area (Å²) in [6.07, 6.45) is 13.9. The van der Waals surface area contributed by atoms with Crippen LogP contribution in [-0.4, -0.2) is 12.6 Å². The molecule has 0 amide bonds. The Balaban J connectivity index is 1.86. The molecule has 2 aliphatic carbocycles. The van der Waals surface area contributed by atoms with E-state index in [1.54, 1.807) is 5.57 Å². The lowest BCUT2D eigenvalue weighted by Crippen LogP contribution is -2.32. The van der Waals surface area contributed by atoms with Crippen molar-refractivity contribution in [3.05, 3.63) is 11.6 Å². The van der Waals surface area contributed by atoms with Gasteiger partial charge in [-0.25, -0.2) is 0 Å². The third kappa shape index (κ3) is 3.07. The molecule has 0 aliphatic heterocycles. The molecule has 0 spiro atoms. The van der Waals surface area contributed by atoms with Crippen molar-refractivity contribution in [2.24, 2.45) is 5.92 Å². The third-order valence-corrected chi connectivity index (χ3v) is 4.02. The second-order valence-corrected chi connectivity index (χ2v) is 5.17. The molecule has 0 heterocycles. The molecule has 0 bridgehead atoms. The summed E-state index contributed by atoms with van der Waals surface area (Å²) >= 11 is 0. The topological polar surface area (TPSA) is 12.0 Å². The van der Waals surface area contributed by atoms with Crippen LogP contribution in [-0.2, 0) is 0 Å². The second kappa shape index (κ2) is 5.69. The SMILES string of the molecule is CCNC(CC1CCCC1)C1=CCCC1. The van der Waals surface area contributed by atoms with E-state index >= 15 is 0 Å². The minimum Gasteiger partial charge on any atom is -0.311 e. The van der Waals surface area contributed by atoms with Gasteiger partial charge in [-0.2, -0.15) is 0 Å². The van der Waals surface area contributed by atoms with Gasteiger partial charge in [0.15, 0.2) is 0 Å². The average molecular weight is 207 g/mol. The zero-order valence-electron chi connectivity index (χ0n) is 10.1. The van der Waals surface area contributed by atoms with E-state index in [4.69, 9.17) is 0 Å². The highest BCUT2D eigenvalue weighted by Gasteiger charge is 2.22. The van der Waals surface area contributed by atoms with Crippen LogP contribution < -0.4 is 5.32 Å². The van der Waals surface area contributed by atoms with E-state index in [0.717, 1.165) is 12.5 Å². The lowest BCUT2D eigenvalue weighted by atomic mass is 9.93. The van der Waals surface area contributed by atoms with Crippen LogP contribution >= 0.6 is 0 Å². The number of allylic oxidation sites excluding steroid dienone is 1. The van der Waals surface area contributed by atoms with E-state index < -0.39 is 0 Å². The number of rotatable bonds is 5. The molecule has 1 nitrogen and oxygen atoms in total. The van der Waals surface area contributed by atoms with Gasteiger partial charge in [0.05, 0.1) is 0 Å². The van der Waals surface area contributed by atoms with Crippen LogP contribution in [0.5, 0.6) is 0 Å². The summed E-state index contributed by atoms with van der Waals surface area (Å²) in [6.45, 7) is 3.35. The van der Waals surface area contributed by atoms with Gasteiger partial charge in [-0.1, -0.05) is 44.3 Å². The highest BCUT2D eigenvalue weighted by molar-refractivity contribution is 5.15. The molecule has 1 N–H and O–H groups in total. The van der Waals surface area contributed by atoms with Crippen molar-refractivity contribution in [1.29, 1.82) is 0 Å². The van der Waals surface area contributed by atoms with Crippen LogP contribution in [0.3, 0.4) is 0 Å². The largest absolute Gasteiger partial charge is 0.311 e. The van der Waals surface area contributed by atoms with Crippen molar-refractivity contribution >= 4 is 0 Å². The minimum absolute atomic E-state index is 0.709. The first-order chi connectivity index (χ1) is 7.40. The molecule has 2 rings (SSSR count). The zero-order chi connectivity index (χ0) is 10.5. The smallest absolute Gasteiger partial charge is 0.0281 e. The molecule has 0 aromatic heterocycles. The summed E-state index contributed by atoms with van der Waals surface area (Å²) < 4.78 is 0. The summed E-state index contributed by atoms with van der Waals surface area (Å²) in [5.41, 5.74) is 1.71. The maximum absolute atomic E-state index is 3.68. The van der Waals surface area contributed by atoms with E-state index in [1.807, 2.05) is 0 Å². The first kappa shape index (κ1) is 11.2. The Labute approximate surface area is 94.3 Å². The second-order valence-electron chi connectivity index (χ2n) is 5.17. The normalized spacial score (nSPS) is 24.5. The fourth-order valence-electron chi connectivity index (χ4n) is 3.20. The molecule has 0 aromatic rings. The fraction of sp³-hybridized carbons (Fsp3) is 0.857. The van der Waals surface area contributed by atoms with Crippen LogP contribution in [0.15, 0.2) is 11.6 Å². The average Bonchev–Trinajstić information content (AvgIpc) is 2.89. The van der Waals surface area contributed by atoms with Crippen LogP contribution in [0.4, 0.5) is 0 Å². The van der Waals surface area contributed by atoms with Crippen LogP contribution in [0.2, 0.25) is 0 Å². The number of hydrogen-bond donors (Lipinski definition) is 1. The zero-order valence-corrected chi connectivity index (χ0v) is 10.1. The molecule has 1 atom stereocenters. The Morgan fingerprint density at radius 3 is 2.73 bits per heavy atom. The molecular weight excluding hydrogens is 182 g/mol. The van der Waals surface area contributed by atoms with E-state index in [0.29, 0.717) is 6.04 Å². The standard InChI is InChI=1S/C14H25N/c1-2-15-14(13-9-5-6-10-13)11-12-7-3-4-8-12/h9,12,14-15H,2-8,10-11H2,1H3. The Morgan fingerprint density at radius 1 is 1.33 bits per heavy atom. The van der Waals surface area contributed by atoms with Crippen molar-refractivity contribution in [2.45, 2.75) is 64.3 Å². The lowest BCUT2D eigenvalue weighted by Gasteiger charge is -2.22. The molecule has 86 valence electrons. The highest BCUT2D eigenvalue weighted by atomic mass is 14.9. The van der Waals surface area contributed by atoms with E-state index in [1.165, 1.54) is 51.4 Å². The van der Waals surface area contributed by atoms with Crippen molar-refractivity contribution in [1.82, 2.24) is 5.32 Å². The van der Waals surface area contributed by atoms with Crippen LogP contribution in [0.25, 0.3) is 0 Å². The summed E-state index contributed by atoms with van der Waals surface area (Å²) in [6, 6.07) is 0.709. The van der Waals surface area contributed by atoms with Crippen molar-refractivity contribution in [3.8, 4) is 0 Å². The summed E-state index contributed by atoms with van der Waals surface area (Å²) in [4.78, 5) is 0. The summed E-state index contributed by atoms with van der Waals surface area (Å²) in [7, 11) is 0. The van der Waals surface area contributed by atoms with Gasteiger partial charge in [0.2, 0.25) is 0 Å². The highest BCUT2D eigenvalue weighted by Crippen LogP contribution is 2.32. The van der Waals surface area contributed by atoms with Gasteiger partial charge >= 0.3 is 0 Å². The molecule has 0 radical (unpaired) electrons. The third-order valence-electron chi connectivity index (χ3n) is 4.02. The van der Waals surface area contributed by atoms with Gasteiger partial charge in [-0.15, -0.1) is 0 Å². The minimum atomic E-state index is 0.709. The fourth-order valence-corrected chi connectivity index (χ4v) is 3.20. The van der Waals surface area contributed by atoms with Gasteiger partial charge < -0.3 is 5.32 Å². The maximum atomic E-state index is 3.68. The van der Waals surface area contributed by atoms with Gasteiger partial charge in [-0.3, -0.25) is 0 Å². The van der Waals surface area contributed by atoms with Gasteiger partial charge in [0.25, 0.3) is 0 Å². The summed E-state index contributed by atoms with van der Waals surface area (Å²) in [5, 5.41) is 3.68. The van der Waals surface area contributed by atoms with Crippen molar-refractivity contribution in [2.75, 3.05) is 6.54 Å². The van der Waals surface area contributed by atoms with Crippen LogP contribution in [0, 0.1) is 5.92 Å². The Hall–Kier alpha value is -0.300. The molecule has 1 heteroatoms. The molecule has 2 aliphatic rings. The molecule has 1 saturated carbocycles. The molecule has 15 heavy (non-hydrogen) atoms. The maximum Gasteiger partial charge on any atom is 0.0281 e. The number of likely N-dealkylation sites (N-methyl/N-ethyl adjacent to an activating group) is 1. The molecule has 0 saturated heterocycles. The summed E-state index contributed by atoms with van der Waals surface area (Å²) in [5.74, 6) is 1.01. The van der Waals surface area contributed by atoms with Gasteiger partial charge in [0.1, 0.15) is 0 Å². The first-order valence-electron chi connectivity index (χ1n) is 6.82. The molecule has 1 fully saturated rings. The van der Waals surface area contributed by atoms with Crippen molar-refractivity contribution < 1.29 is 0 Å². The van der Waals surface area contributed by atoms with Crippen molar-refractivity contribution in [3.63, 3.8) is 0 Å². The first-order valence-corrected chi connectivity index (χ1v) is 6.82. The predicted octanol–water partition coefficient (Wildman–Crippen LogP) is 3.66. The van der Waals surface area contributed by atoms with Gasteiger partial charge in [-0.05, 0) is 38.1 Å². The van der Waals surface area contributed by atoms with E-state index in [2.05, 4.69) is 18.3 Å². The molecule has 1 unspecified atom stereocenters. The lowest BCUT2D eigenvalue weighted by molar-refractivity contribution is 0.419. The Kier molecular flexibility index (Phi) is 4.25. The van der Waals surface area contributed by atoms with Crippen LogP contribution in [0.1, 0.15) is 58.3 Å². The predicted molar refractivity (Wildman–Crippen MR) is 66.0 cm³/mol. The number of nitrogens with one attached hydrogen (secondary N) is 1. The number of hydrogen-bond acceptors (Lipinski definition) is 1. The van der Waals surface area contributed by atoms with Gasteiger partial charge in [0, 0.05) is 6.04 Å². The van der Waals surface area contributed by atoms with E-state index in [-0.39, 0.29) is 0 Å². The monoisotopic (exact) mass is 207 g/mol. The quantitative estimate of drug-likeness (QED) is 0.678. The van der Waals surface area contributed by atoms with E-state index in [9.17, 15) is 0 Å². The Morgan fingerprint density at radius 2 is 2.13 bits per heavy atom. The molecular formula is C14H25N. The Bertz CT molecular complexity index is 213. The molecule has 0 aromatic carbocycles.